The molecular formula is C14H15N3O2. The molecule has 1 aromatic rings. The van der Waals surface area contributed by atoms with E-state index in [-0.39, 0.29) is 18.2 Å². The van der Waals surface area contributed by atoms with Gasteiger partial charge in [-0.15, -0.1) is 0 Å². The van der Waals surface area contributed by atoms with Crippen LogP contribution >= 0.6 is 0 Å². The fraction of sp³-hybridized carbons (Fsp3) is 0.214. The predicted molar refractivity (Wildman–Crippen MR) is 73.8 cm³/mol. The van der Waals surface area contributed by atoms with Crippen molar-refractivity contribution in [2.45, 2.75) is 19.4 Å². The SMILES string of the molecule is CC(C=CN)=NC1CC(=O)N(c2ccccc2)C1=O. The fourth-order valence-electron chi connectivity index (χ4n) is 1.99. The molecule has 98 valence electrons. The zero-order valence-corrected chi connectivity index (χ0v) is 10.6. The molecule has 1 aliphatic rings. The molecule has 2 rings (SSSR count). The molecule has 19 heavy (non-hydrogen) atoms. The van der Waals surface area contributed by atoms with Gasteiger partial charge in [0.1, 0.15) is 6.04 Å². The highest BCUT2D eigenvalue weighted by Gasteiger charge is 2.39. The second kappa shape index (κ2) is 5.48. The highest BCUT2D eigenvalue weighted by Crippen LogP contribution is 2.24. The van der Waals surface area contributed by atoms with E-state index >= 15 is 0 Å². The van der Waals surface area contributed by atoms with Crippen LogP contribution in [0.4, 0.5) is 5.69 Å². The summed E-state index contributed by atoms with van der Waals surface area (Å²) in [5.74, 6) is -0.518. The molecule has 1 saturated heterocycles. The van der Waals surface area contributed by atoms with Crippen LogP contribution in [0.1, 0.15) is 13.3 Å². The van der Waals surface area contributed by atoms with Crippen molar-refractivity contribution in [2.24, 2.45) is 10.7 Å². The van der Waals surface area contributed by atoms with Crippen molar-refractivity contribution in [3.63, 3.8) is 0 Å². The number of rotatable bonds is 3. The summed E-state index contributed by atoms with van der Waals surface area (Å²) >= 11 is 0. The van der Waals surface area contributed by atoms with E-state index in [2.05, 4.69) is 4.99 Å². The molecule has 2 N–H and O–H groups in total. The normalized spacial score (nSPS) is 20.6. The molecule has 1 unspecified atom stereocenters. The summed E-state index contributed by atoms with van der Waals surface area (Å²) in [7, 11) is 0. The van der Waals surface area contributed by atoms with Crippen molar-refractivity contribution in [1.82, 2.24) is 0 Å². The number of nitrogens with zero attached hydrogens (tertiary/aromatic N) is 2. The first kappa shape index (κ1) is 13.0. The maximum Gasteiger partial charge on any atom is 0.259 e. The summed E-state index contributed by atoms with van der Waals surface area (Å²) < 4.78 is 0. The van der Waals surface area contributed by atoms with Crippen molar-refractivity contribution in [1.29, 1.82) is 0 Å². The van der Waals surface area contributed by atoms with Crippen LogP contribution in [-0.2, 0) is 9.59 Å². The summed E-state index contributed by atoms with van der Waals surface area (Å²) in [5, 5.41) is 0. The second-order valence-corrected chi connectivity index (χ2v) is 4.25. The second-order valence-electron chi connectivity index (χ2n) is 4.25. The third kappa shape index (κ3) is 2.70. The fourth-order valence-corrected chi connectivity index (χ4v) is 1.99. The Morgan fingerprint density at radius 1 is 1.37 bits per heavy atom. The van der Waals surface area contributed by atoms with E-state index in [0.29, 0.717) is 11.4 Å². The average molecular weight is 257 g/mol. The topological polar surface area (TPSA) is 75.8 Å². The van der Waals surface area contributed by atoms with Gasteiger partial charge >= 0.3 is 0 Å². The smallest absolute Gasteiger partial charge is 0.259 e. The molecule has 1 heterocycles. The number of imide groups is 1. The van der Waals surface area contributed by atoms with Crippen LogP contribution in [0.2, 0.25) is 0 Å². The first-order chi connectivity index (χ1) is 9.13. The van der Waals surface area contributed by atoms with Gasteiger partial charge in [0, 0.05) is 5.71 Å². The van der Waals surface area contributed by atoms with Crippen LogP contribution < -0.4 is 10.6 Å². The molecule has 0 bridgehead atoms. The average Bonchev–Trinajstić information content (AvgIpc) is 2.66. The molecule has 0 radical (unpaired) electrons. The summed E-state index contributed by atoms with van der Waals surface area (Å²) in [5.41, 5.74) is 6.47. The molecule has 2 amide bonds. The molecule has 1 fully saturated rings. The zero-order valence-electron chi connectivity index (χ0n) is 10.6. The van der Waals surface area contributed by atoms with Gasteiger partial charge in [-0.3, -0.25) is 14.6 Å². The van der Waals surface area contributed by atoms with Crippen LogP contribution in [0.25, 0.3) is 0 Å². The number of hydrogen-bond donors (Lipinski definition) is 1. The highest BCUT2D eigenvalue weighted by atomic mass is 16.2. The highest BCUT2D eigenvalue weighted by molar-refractivity contribution is 6.23. The van der Waals surface area contributed by atoms with Gasteiger partial charge < -0.3 is 5.73 Å². The number of carbonyl (C=O) groups is 2. The maximum absolute atomic E-state index is 12.2. The number of para-hydroxylation sites is 1. The lowest BCUT2D eigenvalue weighted by molar-refractivity contribution is -0.121. The van der Waals surface area contributed by atoms with Gasteiger partial charge in [0.05, 0.1) is 12.1 Å². The van der Waals surface area contributed by atoms with Crippen molar-refractivity contribution in [3.05, 3.63) is 42.6 Å². The number of nitrogens with two attached hydrogens (primary N) is 1. The summed E-state index contributed by atoms with van der Waals surface area (Å²) in [4.78, 5) is 29.5. The Kier molecular flexibility index (Phi) is 3.75. The number of hydrogen-bond acceptors (Lipinski definition) is 4. The Hall–Kier alpha value is -2.43. The Bertz CT molecular complexity index is 549. The first-order valence-corrected chi connectivity index (χ1v) is 5.98. The van der Waals surface area contributed by atoms with E-state index in [9.17, 15) is 9.59 Å². The van der Waals surface area contributed by atoms with Crippen molar-refractivity contribution in [3.8, 4) is 0 Å². The van der Waals surface area contributed by atoms with E-state index in [0.717, 1.165) is 0 Å². The lowest BCUT2D eigenvalue weighted by atomic mass is 10.2. The van der Waals surface area contributed by atoms with Crippen LogP contribution in [0.3, 0.4) is 0 Å². The van der Waals surface area contributed by atoms with Crippen LogP contribution in [0, 0.1) is 0 Å². The Morgan fingerprint density at radius 2 is 2.05 bits per heavy atom. The molecule has 1 aliphatic heterocycles. The minimum Gasteiger partial charge on any atom is -0.405 e. The molecule has 1 atom stereocenters. The summed E-state index contributed by atoms with van der Waals surface area (Å²) in [6, 6.07) is 8.22. The predicted octanol–water partition coefficient (Wildman–Crippen LogP) is 1.25. The quantitative estimate of drug-likeness (QED) is 0.654. The van der Waals surface area contributed by atoms with Gasteiger partial charge in [-0.25, -0.2) is 4.90 Å². The van der Waals surface area contributed by atoms with Crippen molar-refractivity contribution in [2.75, 3.05) is 4.90 Å². The standard InChI is InChI=1S/C14H15N3O2/c1-10(7-8-15)16-12-9-13(18)17(14(12)19)11-5-3-2-4-6-11/h2-8,12H,9,15H2,1H3. The van der Waals surface area contributed by atoms with Gasteiger partial charge in [0.15, 0.2) is 0 Å². The molecule has 5 heteroatoms. The van der Waals surface area contributed by atoms with Gasteiger partial charge in [0.2, 0.25) is 5.91 Å². The van der Waals surface area contributed by atoms with E-state index in [1.165, 1.54) is 11.1 Å². The van der Waals surface area contributed by atoms with Gasteiger partial charge in [-0.1, -0.05) is 18.2 Å². The minimum atomic E-state index is -0.649. The summed E-state index contributed by atoms with van der Waals surface area (Å²) in [6.07, 6.45) is 3.06. The Morgan fingerprint density at radius 3 is 2.68 bits per heavy atom. The van der Waals surface area contributed by atoms with E-state index < -0.39 is 6.04 Å². The molecule has 0 aromatic heterocycles. The van der Waals surface area contributed by atoms with E-state index in [4.69, 9.17) is 5.73 Å². The molecule has 0 aliphatic carbocycles. The lowest BCUT2D eigenvalue weighted by Crippen LogP contribution is -2.31. The van der Waals surface area contributed by atoms with Gasteiger partial charge in [-0.2, -0.15) is 0 Å². The van der Waals surface area contributed by atoms with E-state index in [1.807, 2.05) is 6.07 Å². The van der Waals surface area contributed by atoms with Crippen LogP contribution in [0.15, 0.2) is 47.6 Å². The molecular weight excluding hydrogens is 242 g/mol. The first-order valence-electron chi connectivity index (χ1n) is 5.98. The number of anilines is 1. The Balaban J connectivity index is 2.25. The molecule has 5 nitrogen and oxygen atoms in total. The van der Waals surface area contributed by atoms with Crippen molar-refractivity contribution < 1.29 is 9.59 Å². The summed E-state index contributed by atoms with van der Waals surface area (Å²) in [6.45, 7) is 1.74. The maximum atomic E-state index is 12.2. The van der Waals surface area contributed by atoms with Crippen LogP contribution in [0.5, 0.6) is 0 Å². The number of aliphatic imine (C=N–C) groups is 1. The molecule has 0 spiro atoms. The largest absolute Gasteiger partial charge is 0.405 e. The molecule has 0 saturated carbocycles. The monoisotopic (exact) mass is 257 g/mol. The lowest BCUT2D eigenvalue weighted by Gasteiger charge is -2.13. The number of benzene rings is 1. The van der Waals surface area contributed by atoms with Crippen molar-refractivity contribution >= 4 is 23.2 Å². The number of amides is 2. The Labute approximate surface area is 111 Å². The van der Waals surface area contributed by atoms with E-state index in [1.54, 1.807) is 37.3 Å². The number of carbonyl (C=O) groups excluding carboxylic acids is 2. The van der Waals surface area contributed by atoms with Gasteiger partial charge in [-0.05, 0) is 31.3 Å². The minimum absolute atomic E-state index is 0.101. The van der Waals surface area contributed by atoms with Gasteiger partial charge in [0.25, 0.3) is 5.91 Å². The molecule has 1 aromatic carbocycles. The third-order valence-electron chi connectivity index (χ3n) is 2.83. The number of allylic oxidation sites excluding steroid dienone is 1. The zero-order chi connectivity index (χ0) is 13.8. The van der Waals surface area contributed by atoms with Crippen LogP contribution in [-0.4, -0.2) is 23.6 Å². The third-order valence-corrected chi connectivity index (χ3v) is 2.83.